The molecule has 24 heavy (non-hydrogen) atoms. The Bertz CT molecular complexity index is 767. The highest BCUT2D eigenvalue weighted by Gasteiger charge is 2.50. The van der Waals surface area contributed by atoms with E-state index >= 15 is 0 Å². The fourth-order valence-electron chi connectivity index (χ4n) is 2.50. The van der Waals surface area contributed by atoms with Crippen molar-refractivity contribution in [1.29, 1.82) is 0 Å². The van der Waals surface area contributed by atoms with Gasteiger partial charge in [0, 0.05) is 5.57 Å². The Balaban J connectivity index is 1.78. The number of nitrogens with zero attached hydrogens (tertiary/aromatic N) is 2. The van der Waals surface area contributed by atoms with Crippen molar-refractivity contribution in [3.05, 3.63) is 53.7 Å². The molecule has 1 heterocycles. The lowest BCUT2D eigenvalue weighted by Crippen LogP contribution is -2.11. The minimum absolute atomic E-state index is 0.0282. The van der Waals surface area contributed by atoms with E-state index < -0.39 is 18.0 Å². The highest BCUT2D eigenvalue weighted by atomic mass is 19.3. The molecule has 0 radical (unpaired) electrons. The second kappa shape index (κ2) is 6.03. The zero-order chi connectivity index (χ0) is 17.3. The number of hydrogen-bond donors (Lipinski definition) is 1. The number of carboxylic acid groups (broad SMARTS) is 1. The van der Waals surface area contributed by atoms with Gasteiger partial charge in [-0.05, 0) is 30.5 Å². The maximum atomic E-state index is 12.2. The lowest BCUT2D eigenvalue weighted by atomic mass is 9.95. The largest absolute Gasteiger partial charge is 0.478 e. The van der Waals surface area contributed by atoms with Crippen LogP contribution in [-0.2, 0) is 16.6 Å². The molecule has 0 unspecified atom stereocenters. The molecule has 1 aliphatic carbocycles. The first-order chi connectivity index (χ1) is 11.4. The van der Waals surface area contributed by atoms with Crippen LogP contribution in [0.3, 0.4) is 0 Å². The summed E-state index contributed by atoms with van der Waals surface area (Å²) in [6.07, 6.45) is 1.56. The summed E-state index contributed by atoms with van der Waals surface area (Å²) in [5.74, 6) is -0.402. The first-order valence-corrected chi connectivity index (χ1v) is 7.20. The fourth-order valence-corrected chi connectivity index (χ4v) is 2.50. The van der Waals surface area contributed by atoms with Gasteiger partial charge >= 0.3 is 12.6 Å². The SMILES string of the molecule is C=C(Cc1nc(C2(c3ccc(OC(F)F)cc3)CC2)no1)C(=O)O. The maximum Gasteiger partial charge on any atom is 0.387 e. The van der Waals surface area contributed by atoms with Crippen molar-refractivity contribution in [3.8, 4) is 5.75 Å². The molecular formula is C16H14F2N2O4. The predicted octanol–water partition coefficient (Wildman–Crippen LogP) is 2.93. The van der Waals surface area contributed by atoms with Crippen LogP contribution in [0.15, 0.2) is 40.9 Å². The second-order valence-electron chi connectivity index (χ2n) is 5.58. The minimum Gasteiger partial charge on any atom is -0.478 e. The van der Waals surface area contributed by atoms with Gasteiger partial charge in [-0.2, -0.15) is 13.8 Å². The third-order valence-corrected chi connectivity index (χ3v) is 3.95. The number of carboxylic acids is 1. The van der Waals surface area contributed by atoms with Gasteiger partial charge in [0.15, 0.2) is 5.82 Å². The van der Waals surface area contributed by atoms with Crippen LogP contribution in [0.1, 0.15) is 30.1 Å². The maximum absolute atomic E-state index is 12.2. The number of halogens is 2. The zero-order valence-electron chi connectivity index (χ0n) is 12.5. The first-order valence-electron chi connectivity index (χ1n) is 7.20. The molecule has 8 heteroatoms. The van der Waals surface area contributed by atoms with Crippen LogP contribution in [0, 0.1) is 0 Å². The van der Waals surface area contributed by atoms with Crippen LogP contribution in [0.5, 0.6) is 5.75 Å². The van der Waals surface area contributed by atoms with Crippen LogP contribution < -0.4 is 4.74 Å². The molecule has 0 saturated heterocycles. The normalized spacial score (nSPS) is 15.3. The summed E-state index contributed by atoms with van der Waals surface area (Å²) < 4.78 is 33.8. The van der Waals surface area contributed by atoms with Gasteiger partial charge in [-0.15, -0.1) is 0 Å². The van der Waals surface area contributed by atoms with Crippen molar-refractivity contribution < 1.29 is 27.9 Å². The van der Waals surface area contributed by atoms with Gasteiger partial charge in [0.1, 0.15) is 5.75 Å². The Morgan fingerprint density at radius 2 is 2.04 bits per heavy atom. The quantitative estimate of drug-likeness (QED) is 0.783. The molecule has 3 rings (SSSR count). The van der Waals surface area contributed by atoms with Crippen LogP contribution in [0.2, 0.25) is 0 Å². The number of benzene rings is 1. The second-order valence-corrected chi connectivity index (χ2v) is 5.58. The Hall–Kier alpha value is -2.77. The lowest BCUT2D eigenvalue weighted by Gasteiger charge is -2.12. The fraction of sp³-hybridized carbons (Fsp3) is 0.312. The highest BCUT2D eigenvalue weighted by Crippen LogP contribution is 2.52. The summed E-state index contributed by atoms with van der Waals surface area (Å²) in [5, 5.41) is 12.8. The summed E-state index contributed by atoms with van der Waals surface area (Å²) in [5.41, 5.74) is 0.410. The minimum atomic E-state index is -2.87. The zero-order valence-corrected chi connectivity index (χ0v) is 12.5. The van der Waals surface area contributed by atoms with Gasteiger partial charge in [-0.1, -0.05) is 23.9 Å². The number of ether oxygens (including phenoxy) is 1. The highest BCUT2D eigenvalue weighted by molar-refractivity contribution is 5.86. The third-order valence-electron chi connectivity index (χ3n) is 3.95. The van der Waals surface area contributed by atoms with E-state index in [1.165, 1.54) is 12.1 Å². The Kier molecular flexibility index (Phi) is 4.04. The van der Waals surface area contributed by atoms with E-state index in [2.05, 4.69) is 21.5 Å². The molecule has 0 aliphatic heterocycles. The molecule has 1 saturated carbocycles. The van der Waals surface area contributed by atoms with E-state index in [9.17, 15) is 13.6 Å². The molecule has 1 N–H and O–H groups in total. The van der Waals surface area contributed by atoms with Gasteiger partial charge in [-0.3, -0.25) is 0 Å². The van der Waals surface area contributed by atoms with E-state index in [1.807, 2.05) is 0 Å². The van der Waals surface area contributed by atoms with Gasteiger partial charge < -0.3 is 14.4 Å². The number of hydrogen-bond acceptors (Lipinski definition) is 5. The number of aromatic nitrogens is 2. The molecule has 1 aromatic heterocycles. The number of alkyl halides is 2. The molecule has 6 nitrogen and oxygen atoms in total. The van der Waals surface area contributed by atoms with Crippen LogP contribution in [0.25, 0.3) is 0 Å². The Morgan fingerprint density at radius 3 is 2.58 bits per heavy atom. The van der Waals surface area contributed by atoms with E-state index in [0.717, 1.165) is 18.4 Å². The van der Waals surface area contributed by atoms with E-state index in [1.54, 1.807) is 12.1 Å². The van der Waals surface area contributed by atoms with Crippen LogP contribution >= 0.6 is 0 Å². The average molecular weight is 336 g/mol. The molecule has 1 aliphatic rings. The topological polar surface area (TPSA) is 85.5 Å². The molecular weight excluding hydrogens is 322 g/mol. The third kappa shape index (κ3) is 3.12. The smallest absolute Gasteiger partial charge is 0.387 e. The van der Waals surface area contributed by atoms with E-state index in [-0.39, 0.29) is 23.6 Å². The Morgan fingerprint density at radius 1 is 1.38 bits per heavy atom. The van der Waals surface area contributed by atoms with Crippen molar-refractivity contribution in [1.82, 2.24) is 10.1 Å². The lowest BCUT2D eigenvalue weighted by molar-refractivity contribution is -0.132. The number of rotatable bonds is 7. The number of aliphatic carboxylic acids is 1. The molecule has 1 aromatic carbocycles. The molecule has 126 valence electrons. The standard InChI is InChI=1S/C16H14F2N2O4/c1-9(13(21)22)8-12-19-14(20-24-12)16(6-7-16)10-2-4-11(5-3-10)23-15(17)18/h2-5,15H,1,6-8H2,(H,21,22). The summed E-state index contributed by atoms with van der Waals surface area (Å²) in [6.45, 7) is 0.558. The van der Waals surface area contributed by atoms with Crippen LogP contribution in [0.4, 0.5) is 8.78 Å². The van der Waals surface area contributed by atoms with Crippen molar-refractivity contribution in [2.24, 2.45) is 0 Å². The summed E-state index contributed by atoms with van der Waals surface area (Å²) in [4.78, 5) is 15.1. The molecule has 2 aromatic rings. The van der Waals surface area contributed by atoms with Crippen molar-refractivity contribution in [2.75, 3.05) is 0 Å². The molecule has 0 amide bonds. The predicted molar refractivity (Wildman–Crippen MR) is 77.9 cm³/mol. The van der Waals surface area contributed by atoms with Gasteiger partial charge in [0.25, 0.3) is 0 Å². The molecule has 0 spiro atoms. The molecule has 0 atom stereocenters. The summed E-state index contributed by atoms with van der Waals surface area (Å²) in [7, 11) is 0. The van der Waals surface area contributed by atoms with Gasteiger partial charge in [0.05, 0.1) is 11.8 Å². The first kappa shape index (κ1) is 16.1. The van der Waals surface area contributed by atoms with Crippen molar-refractivity contribution >= 4 is 5.97 Å². The van der Waals surface area contributed by atoms with Crippen LogP contribution in [-0.4, -0.2) is 27.8 Å². The molecule has 0 bridgehead atoms. The summed E-state index contributed by atoms with van der Waals surface area (Å²) in [6, 6.07) is 6.32. The molecule has 1 fully saturated rings. The van der Waals surface area contributed by atoms with Gasteiger partial charge in [-0.25, -0.2) is 4.79 Å². The monoisotopic (exact) mass is 336 g/mol. The summed E-state index contributed by atoms with van der Waals surface area (Å²) >= 11 is 0. The number of carbonyl (C=O) groups is 1. The van der Waals surface area contributed by atoms with E-state index in [4.69, 9.17) is 9.63 Å². The average Bonchev–Trinajstić information content (AvgIpc) is 3.21. The van der Waals surface area contributed by atoms with Gasteiger partial charge in [0.2, 0.25) is 5.89 Å². The Labute approximate surface area is 135 Å². The van der Waals surface area contributed by atoms with Crippen molar-refractivity contribution in [2.45, 2.75) is 31.3 Å². The van der Waals surface area contributed by atoms with E-state index in [0.29, 0.717) is 5.82 Å². The van der Waals surface area contributed by atoms with Crippen molar-refractivity contribution in [3.63, 3.8) is 0 Å².